The van der Waals surface area contributed by atoms with Crippen molar-refractivity contribution in [1.82, 2.24) is 14.6 Å². The van der Waals surface area contributed by atoms with Crippen molar-refractivity contribution >= 4 is 17.7 Å². The predicted octanol–water partition coefficient (Wildman–Crippen LogP) is 2.38. The van der Waals surface area contributed by atoms with Crippen molar-refractivity contribution in [2.24, 2.45) is 4.99 Å². The minimum atomic E-state index is 0.451. The number of nitrogens with zero attached hydrogens (tertiary/aromatic N) is 4. The Kier molecular flexibility index (Phi) is 2.58. The van der Waals surface area contributed by atoms with E-state index in [4.69, 9.17) is 0 Å². The molecule has 0 radical (unpaired) electrons. The first-order valence-electron chi connectivity index (χ1n) is 7.08. The summed E-state index contributed by atoms with van der Waals surface area (Å²) in [7, 11) is 0. The summed E-state index contributed by atoms with van der Waals surface area (Å²) in [5.41, 5.74) is 4.86. The molecule has 2 aromatic heterocycles. The second-order valence-corrected chi connectivity index (χ2v) is 5.57. The zero-order valence-electron chi connectivity index (χ0n) is 11.5. The molecule has 3 heterocycles. The Hall–Kier alpha value is -2.17. The molecule has 1 unspecified atom stereocenters. The smallest absolute Gasteiger partial charge is 0.157 e. The Morgan fingerprint density at radius 1 is 1.40 bits per heavy atom. The van der Waals surface area contributed by atoms with Gasteiger partial charge in [0.25, 0.3) is 0 Å². The van der Waals surface area contributed by atoms with Crippen molar-refractivity contribution in [2.45, 2.75) is 32.2 Å². The molecule has 4 rings (SSSR count). The highest BCUT2D eigenvalue weighted by Crippen LogP contribution is 2.29. The molecule has 2 aliphatic rings. The highest BCUT2D eigenvalue weighted by molar-refractivity contribution is 5.83. The number of nitrogens with one attached hydrogen (secondary N) is 1. The van der Waals surface area contributed by atoms with Gasteiger partial charge in [-0.1, -0.05) is 0 Å². The van der Waals surface area contributed by atoms with Gasteiger partial charge < -0.3 is 5.32 Å². The summed E-state index contributed by atoms with van der Waals surface area (Å²) in [6, 6.07) is 4.45. The first-order chi connectivity index (χ1) is 9.79. The number of anilines is 1. The average molecular weight is 267 g/mol. The number of aryl methyl sites for hydroxylation is 1. The van der Waals surface area contributed by atoms with Gasteiger partial charge in [-0.05, 0) is 37.3 Å². The summed E-state index contributed by atoms with van der Waals surface area (Å²) in [6.45, 7) is 2.93. The van der Waals surface area contributed by atoms with Gasteiger partial charge in [-0.2, -0.15) is 9.61 Å². The normalized spacial score (nSPS) is 21.6. The molecule has 0 bridgehead atoms. The van der Waals surface area contributed by atoms with Gasteiger partial charge in [0.05, 0.1) is 12.7 Å². The molecule has 1 aliphatic heterocycles. The Morgan fingerprint density at radius 3 is 3.30 bits per heavy atom. The zero-order chi connectivity index (χ0) is 13.5. The molecule has 5 nitrogen and oxygen atoms in total. The third kappa shape index (κ3) is 1.90. The van der Waals surface area contributed by atoms with Gasteiger partial charge in [0.2, 0.25) is 0 Å². The molecule has 0 saturated heterocycles. The third-order valence-corrected chi connectivity index (χ3v) is 4.08. The number of hydrogen-bond acceptors (Lipinski definition) is 4. The molecular weight excluding hydrogens is 250 g/mol. The van der Waals surface area contributed by atoms with Crippen molar-refractivity contribution in [3.8, 4) is 0 Å². The Labute approximate surface area is 117 Å². The highest BCUT2D eigenvalue weighted by Gasteiger charge is 2.22. The SMILES string of the molecule is Cc1cc(NC2CCC3=C(C=NC3)C2)n2nccc2n1. The first-order valence-corrected chi connectivity index (χ1v) is 7.08. The van der Waals surface area contributed by atoms with E-state index in [1.165, 1.54) is 11.1 Å². The second kappa shape index (κ2) is 4.44. The zero-order valence-corrected chi connectivity index (χ0v) is 11.5. The minimum Gasteiger partial charge on any atom is -0.367 e. The number of hydrogen-bond donors (Lipinski definition) is 1. The van der Waals surface area contributed by atoms with Crippen molar-refractivity contribution in [3.63, 3.8) is 0 Å². The lowest BCUT2D eigenvalue weighted by atomic mass is 9.90. The van der Waals surface area contributed by atoms with E-state index in [1.807, 2.05) is 23.7 Å². The molecule has 2 aromatic rings. The maximum absolute atomic E-state index is 4.47. The third-order valence-electron chi connectivity index (χ3n) is 4.08. The van der Waals surface area contributed by atoms with Crippen molar-refractivity contribution in [2.75, 3.05) is 11.9 Å². The number of fused-ring (bicyclic) bond motifs is 1. The fraction of sp³-hybridized carbons (Fsp3) is 0.400. The van der Waals surface area contributed by atoms with Crippen LogP contribution in [0.3, 0.4) is 0 Å². The van der Waals surface area contributed by atoms with Gasteiger partial charge in [-0.25, -0.2) is 4.98 Å². The summed E-state index contributed by atoms with van der Waals surface area (Å²) >= 11 is 0. The van der Waals surface area contributed by atoms with Crippen LogP contribution in [-0.2, 0) is 0 Å². The van der Waals surface area contributed by atoms with Crippen LogP contribution in [0.5, 0.6) is 0 Å². The fourth-order valence-corrected chi connectivity index (χ4v) is 3.09. The highest BCUT2D eigenvalue weighted by atomic mass is 15.3. The molecular formula is C15H17N5. The topological polar surface area (TPSA) is 54.6 Å². The lowest BCUT2D eigenvalue weighted by Gasteiger charge is -2.25. The average Bonchev–Trinajstić information content (AvgIpc) is 3.05. The van der Waals surface area contributed by atoms with Gasteiger partial charge in [0, 0.05) is 30.1 Å². The van der Waals surface area contributed by atoms with E-state index < -0.39 is 0 Å². The molecule has 0 amide bonds. The van der Waals surface area contributed by atoms with E-state index in [1.54, 1.807) is 6.20 Å². The molecule has 0 spiro atoms. The summed E-state index contributed by atoms with van der Waals surface area (Å²) in [5, 5.41) is 7.97. The van der Waals surface area contributed by atoms with E-state index in [0.717, 1.165) is 43.0 Å². The molecule has 0 aromatic carbocycles. The quantitative estimate of drug-likeness (QED) is 0.909. The maximum Gasteiger partial charge on any atom is 0.157 e. The van der Waals surface area contributed by atoms with E-state index in [0.29, 0.717) is 6.04 Å². The Morgan fingerprint density at radius 2 is 2.35 bits per heavy atom. The number of aliphatic imine (C=N–C) groups is 1. The van der Waals surface area contributed by atoms with Crippen LogP contribution in [0, 0.1) is 6.92 Å². The van der Waals surface area contributed by atoms with Crippen molar-refractivity contribution in [3.05, 3.63) is 35.2 Å². The lowest BCUT2D eigenvalue weighted by Crippen LogP contribution is -2.25. The second-order valence-electron chi connectivity index (χ2n) is 5.57. The molecule has 0 fully saturated rings. The Bertz CT molecular complexity index is 725. The molecule has 0 saturated carbocycles. The van der Waals surface area contributed by atoms with Crippen LogP contribution >= 0.6 is 0 Å². The number of rotatable bonds is 2. The molecule has 102 valence electrons. The fourth-order valence-electron chi connectivity index (χ4n) is 3.09. The van der Waals surface area contributed by atoms with Gasteiger partial charge in [-0.3, -0.25) is 4.99 Å². The summed E-state index contributed by atoms with van der Waals surface area (Å²) in [5.74, 6) is 1.03. The van der Waals surface area contributed by atoms with Crippen LogP contribution in [0.15, 0.2) is 34.5 Å². The van der Waals surface area contributed by atoms with E-state index in [-0.39, 0.29) is 0 Å². The standard InChI is InChI=1S/C15H17N5/c1-10-6-15(20-14(18-10)4-5-17-20)19-13-3-2-11-8-16-9-12(11)7-13/h4-6,9,13,19H,2-3,7-8H2,1H3. The van der Waals surface area contributed by atoms with E-state index >= 15 is 0 Å². The van der Waals surface area contributed by atoms with E-state index in [2.05, 4.69) is 26.5 Å². The molecule has 5 heteroatoms. The maximum atomic E-state index is 4.47. The summed E-state index contributed by atoms with van der Waals surface area (Å²) < 4.78 is 1.87. The van der Waals surface area contributed by atoms with Crippen LogP contribution in [0.2, 0.25) is 0 Å². The van der Waals surface area contributed by atoms with Gasteiger partial charge in [-0.15, -0.1) is 0 Å². The van der Waals surface area contributed by atoms with Gasteiger partial charge >= 0.3 is 0 Å². The minimum absolute atomic E-state index is 0.451. The van der Waals surface area contributed by atoms with Gasteiger partial charge in [0.15, 0.2) is 5.65 Å². The molecule has 1 N–H and O–H groups in total. The number of aromatic nitrogens is 3. The monoisotopic (exact) mass is 267 g/mol. The summed E-state index contributed by atoms with van der Waals surface area (Å²) in [4.78, 5) is 8.84. The molecule has 20 heavy (non-hydrogen) atoms. The van der Waals surface area contributed by atoms with Gasteiger partial charge in [0.1, 0.15) is 5.82 Å². The van der Waals surface area contributed by atoms with Crippen molar-refractivity contribution < 1.29 is 0 Å². The largest absolute Gasteiger partial charge is 0.367 e. The first kappa shape index (κ1) is 11.6. The predicted molar refractivity (Wildman–Crippen MR) is 79.4 cm³/mol. The van der Waals surface area contributed by atoms with Crippen LogP contribution in [-0.4, -0.2) is 33.4 Å². The molecule has 1 atom stereocenters. The summed E-state index contributed by atoms with van der Waals surface area (Å²) in [6.07, 6.45) is 7.21. The van der Waals surface area contributed by atoms with E-state index in [9.17, 15) is 0 Å². The van der Waals surface area contributed by atoms with Crippen LogP contribution in [0.4, 0.5) is 5.82 Å². The van der Waals surface area contributed by atoms with Crippen LogP contribution in [0.25, 0.3) is 5.65 Å². The van der Waals surface area contributed by atoms with Crippen molar-refractivity contribution in [1.29, 1.82) is 0 Å². The lowest BCUT2D eigenvalue weighted by molar-refractivity contribution is 0.610. The van der Waals surface area contributed by atoms with Crippen LogP contribution in [0.1, 0.15) is 25.0 Å². The Balaban J connectivity index is 1.62. The van der Waals surface area contributed by atoms with Crippen LogP contribution < -0.4 is 5.32 Å². The molecule has 1 aliphatic carbocycles.